The van der Waals surface area contributed by atoms with Crippen molar-refractivity contribution in [1.82, 2.24) is 0 Å². The van der Waals surface area contributed by atoms with Crippen LogP contribution in [0, 0.1) is 0 Å². The summed E-state index contributed by atoms with van der Waals surface area (Å²) >= 11 is 8.18. The third-order valence-corrected chi connectivity index (χ3v) is 13.0. The number of ether oxygens (including phenoxy) is 2. The molecule has 8 heteroatoms. The summed E-state index contributed by atoms with van der Waals surface area (Å²) in [5, 5.41) is 11.4. The molecule has 0 bridgehead atoms. The van der Waals surface area contributed by atoms with E-state index >= 15 is 0 Å². The van der Waals surface area contributed by atoms with Crippen LogP contribution in [-0.2, 0) is 9.47 Å². The predicted molar refractivity (Wildman–Crippen MR) is 154 cm³/mol. The molecule has 4 saturated heterocycles. The summed E-state index contributed by atoms with van der Waals surface area (Å²) < 4.78 is 12.8. The summed E-state index contributed by atoms with van der Waals surface area (Å²) in [4.78, 5) is 0. The number of benzene rings is 2. The molecule has 2 N–H and O–H groups in total. The van der Waals surface area contributed by atoms with Crippen LogP contribution < -0.4 is 10.6 Å². The Labute approximate surface area is 220 Å². The minimum Gasteiger partial charge on any atom is -0.378 e. The van der Waals surface area contributed by atoms with Gasteiger partial charge in [-0.2, -0.15) is 23.5 Å². The molecule has 0 radical (unpaired) electrons. The summed E-state index contributed by atoms with van der Waals surface area (Å²) in [7, 11) is 0. The zero-order valence-corrected chi connectivity index (χ0v) is 23.0. The normalized spacial score (nSPS) is 38.1. The topological polar surface area (TPSA) is 42.5 Å². The molecule has 0 spiro atoms. The first-order valence-electron chi connectivity index (χ1n) is 12.5. The lowest BCUT2D eigenvalue weighted by atomic mass is 10.0. The van der Waals surface area contributed by atoms with Gasteiger partial charge in [-0.25, -0.2) is 0 Å². The monoisotopic (exact) mass is 534 g/mol. The van der Waals surface area contributed by atoms with Crippen molar-refractivity contribution in [2.75, 3.05) is 33.6 Å². The highest BCUT2D eigenvalue weighted by molar-refractivity contribution is 8.04. The van der Waals surface area contributed by atoms with E-state index in [0.29, 0.717) is 33.5 Å². The van der Waals surface area contributed by atoms with Gasteiger partial charge in [0.05, 0.1) is 34.8 Å². The van der Waals surface area contributed by atoms with Crippen LogP contribution in [0.25, 0.3) is 10.8 Å². The number of thioether (sulfide) groups is 4. The SMILES string of the molecule is C[C@@H]1O[C@H]2SCCCS[C@@H]2[C@H]1Nc1cccc2c(N[C@H]3[C@@H]4SCCCS[C@H]4O[C@@H]3C)cccc12. The Kier molecular flexibility index (Phi) is 7.44. The largest absolute Gasteiger partial charge is 0.378 e. The van der Waals surface area contributed by atoms with Crippen molar-refractivity contribution < 1.29 is 9.47 Å². The highest BCUT2D eigenvalue weighted by Gasteiger charge is 2.45. The average molecular weight is 535 g/mol. The number of rotatable bonds is 4. The third-order valence-electron chi connectivity index (χ3n) is 7.28. The first-order valence-corrected chi connectivity index (χ1v) is 16.7. The fourth-order valence-corrected chi connectivity index (χ4v) is 11.8. The summed E-state index contributed by atoms with van der Waals surface area (Å²) in [6, 6.07) is 14.0. The molecule has 4 aliphatic heterocycles. The van der Waals surface area contributed by atoms with E-state index in [1.807, 2.05) is 23.5 Å². The van der Waals surface area contributed by atoms with Crippen molar-refractivity contribution in [3.05, 3.63) is 36.4 Å². The van der Waals surface area contributed by atoms with Crippen molar-refractivity contribution in [3.63, 3.8) is 0 Å². The van der Waals surface area contributed by atoms with Gasteiger partial charge in [-0.3, -0.25) is 0 Å². The van der Waals surface area contributed by atoms with Crippen molar-refractivity contribution >= 4 is 69.2 Å². The van der Waals surface area contributed by atoms with Gasteiger partial charge in [-0.05, 0) is 61.8 Å². The van der Waals surface area contributed by atoms with Gasteiger partial charge in [-0.1, -0.05) is 24.3 Å². The molecule has 184 valence electrons. The van der Waals surface area contributed by atoms with E-state index in [1.54, 1.807) is 0 Å². The smallest absolute Gasteiger partial charge is 0.117 e. The molecular formula is C26H34N2O2S4. The Morgan fingerprint density at radius 3 is 1.56 bits per heavy atom. The molecule has 0 aromatic heterocycles. The quantitative estimate of drug-likeness (QED) is 0.469. The van der Waals surface area contributed by atoms with Crippen LogP contribution in [0.4, 0.5) is 11.4 Å². The molecule has 4 heterocycles. The van der Waals surface area contributed by atoms with E-state index in [2.05, 4.69) is 84.4 Å². The molecule has 4 fully saturated rings. The Hall–Kier alpha value is -0.380. The zero-order chi connectivity index (χ0) is 23.1. The minimum atomic E-state index is 0.211. The molecule has 4 aliphatic rings. The number of fused-ring (bicyclic) bond motifs is 3. The third kappa shape index (κ3) is 4.68. The van der Waals surface area contributed by atoms with E-state index in [0.717, 1.165) is 0 Å². The fraction of sp³-hybridized carbons (Fsp3) is 0.615. The van der Waals surface area contributed by atoms with Crippen LogP contribution in [0.3, 0.4) is 0 Å². The molecule has 34 heavy (non-hydrogen) atoms. The maximum atomic E-state index is 6.38. The molecule has 8 atom stereocenters. The highest BCUT2D eigenvalue weighted by Crippen LogP contribution is 2.44. The molecule has 2 aromatic carbocycles. The number of nitrogens with one attached hydrogen (secondary N) is 2. The standard InChI is InChI=1S/C26H34N2O2S4/c1-15-21(23-25(29-15)33-13-5-11-31-23)27-19-9-3-8-18-17(19)7-4-10-20(18)28-22-16(2)30-26-24(22)32-12-6-14-34-26/h3-4,7-10,15-16,21-28H,5-6,11-14H2,1-2H3/t15-,16+,21-,22+,23+,24-,25-,26+. The minimum absolute atomic E-state index is 0.211. The Bertz CT molecular complexity index is 931. The summed E-state index contributed by atoms with van der Waals surface area (Å²) in [5.74, 6) is 4.87. The Balaban J connectivity index is 1.27. The zero-order valence-electron chi connectivity index (χ0n) is 19.8. The van der Waals surface area contributed by atoms with Gasteiger partial charge in [-0.15, -0.1) is 23.5 Å². The Morgan fingerprint density at radius 1 is 0.647 bits per heavy atom. The van der Waals surface area contributed by atoms with E-state index in [-0.39, 0.29) is 12.2 Å². The summed E-state index contributed by atoms with van der Waals surface area (Å²) in [5.41, 5.74) is 3.04. The van der Waals surface area contributed by atoms with E-state index < -0.39 is 0 Å². The molecule has 0 amide bonds. The molecule has 0 saturated carbocycles. The van der Waals surface area contributed by atoms with E-state index in [9.17, 15) is 0 Å². The molecule has 0 aliphatic carbocycles. The maximum Gasteiger partial charge on any atom is 0.117 e. The molecular weight excluding hydrogens is 501 g/mol. The van der Waals surface area contributed by atoms with Crippen LogP contribution in [0.2, 0.25) is 0 Å². The number of anilines is 2. The fourth-order valence-electron chi connectivity index (χ4n) is 5.53. The van der Waals surface area contributed by atoms with Crippen LogP contribution in [0.1, 0.15) is 26.7 Å². The summed E-state index contributed by atoms with van der Waals surface area (Å²) in [6.45, 7) is 4.46. The second-order valence-corrected chi connectivity index (χ2v) is 14.6. The van der Waals surface area contributed by atoms with Crippen molar-refractivity contribution in [2.45, 2.75) is 72.4 Å². The van der Waals surface area contributed by atoms with Gasteiger partial charge in [0.1, 0.15) is 10.9 Å². The second kappa shape index (κ2) is 10.5. The van der Waals surface area contributed by atoms with Crippen LogP contribution in [0.5, 0.6) is 0 Å². The van der Waals surface area contributed by atoms with Crippen LogP contribution in [0.15, 0.2) is 36.4 Å². The molecule has 4 nitrogen and oxygen atoms in total. The van der Waals surface area contributed by atoms with E-state index in [1.165, 1.54) is 58.0 Å². The number of hydrogen-bond donors (Lipinski definition) is 2. The molecule has 6 rings (SSSR count). The Morgan fingerprint density at radius 2 is 1.09 bits per heavy atom. The van der Waals surface area contributed by atoms with Crippen molar-refractivity contribution in [1.29, 1.82) is 0 Å². The van der Waals surface area contributed by atoms with E-state index in [4.69, 9.17) is 9.47 Å². The van der Waals surface area contributed by atoms with Crippen LogP contribution >= 0.6 is 47.0 Å². The first-order chi connectivity index (χ1) is 16.7. The van der Waals surface area contributed by atoms with Crippen molar-refractivity contribution in [2.24, 2.45) is 0 Å². The molecule has 2 aromatic rings. The lowest BCUT2D eigenvalue weighted by molar-refractivity contribution is 0.103. The first kappa shape index (κ1) is 24.0. The second-order valence-electron chi connectivity index (χ2n) is 9.59. The van der Waals surface area contributed by atoms with Gasteiger partial charge in [0, 0.05) is 22.1 Å². The van der Waals surface area contributed by atoms with Gasteiger partial charge in [0.2, 0.25) is 0 Å². The maximum absolute atomic E-state index is 6.38. The van der Waals surface area contributed by atoms with Gasteiger partial charge < -0.3 is 20.1 Å². The molecule has 0 unspecified atom stereocenters. The van der Waals surface area contributed by atoms with Crippen molar-refractivity contribution in [3.8, 4) is 0 Å². The predicted octanol–water partition coefficient (Wildman–Crippen LogP) is 6.37. The van der Waals surface area contributed by atoms with Gasteiger partial charge in [0.15, 0.2) is 0 Å². The average Bonchev–Trinajstić information content (AvgIpc) is 3.07. The lowest BCUT2D eigenvalue weighted by Crippen LogP contribution is -2.36. The number of hydrogen-bond acceptors (Lipinski definition) is 8. The lowest BCUT2D eigenvalue weighted by Gasteiger charge is -2.26. The van der Waals surface area contributed by atoms with Gasteiger partial charge in [0.25, 0.3) is 0 Å². The highest BCUT2D eigenvalue weighted by atomic mass is 32.2. The van der Waals surface area contributed by atoms with Gasteiger partial charge >= 0.3 is 0 Å². The van der Waals surface area contributed by atoms with Crippen LogP contribution in [-0.4, -0.2) is 68.7 Å². The summed E-state index contributed by atoms with van der Waals surface area (Å²) in [6.07, 6.45) is 2.97.